The molecule has 1 aliphatic rings. The van der Waals surface area contributed by atoms with Crippen molar-refractivity contribution in [3.05, 3.63) is 24.0 Å². The Hall–Kier alpha value is -1.78. The summed E-state index contributed by atoms with van der Waals surface area (Å²) in [6.07, 6.45) is 3.39. The molecule has 1 heterocycles. The van der Waals surface area contributed by atoms with Crippen LogP contribution in [0.3, 0.4) is 0 Å². The molecule has 2 rings (SSSR count). The van der Waals surface area contributed by atoms with E-state index in [2.05, 4.69) is 20.4 Å². The number of pyridine rings is 1. The number of rotatable bonds is 4. The lowest BCUT2D eigenvalue weighted by Crippen LogP contribution is -2.41. The first-order valence-electron chi connectivity index (χ1n) is 5.66. The molecule has 1 amide bonds. The van der Waals surface area contributed by atoms with Crippen LogP contribution in [0.4, 0.5) is 10.5 Å². The van der Waals surface area contributed by atoms with Gasteiger partial charge in [-0.25, -0.2) is 4.79 Å². The third kappa shape index (κ3) is 3.09. The van der Waals surface area contributed by atoms with Crippen LogP contribution in [0.15, 0.2) is 18.3 Å². The highest BCUT2D eigenvalue weighted by Gasteiger charge is 2.44. The second kappa shape index (κ2) is 4.61. The van der Waals surface area contributed by atoms with E-state index < -0.39 is 0 Å². The van der Waals surface area contributed by atoms with Gasteiger partial charge in [-0.15, -0.1) is 0 Å². The molecule has 1 aromatic heterocycles. The van der Waals surface area contributed by atoms with Gasteiger partial charge in [-0.05, 0) is 31.9 Å². The lowest BCUT2D eigenvalue weighted by atomic mass is 10.2. The maximum absolute atomic E-state index is 11.1. The molecule has 0 saturated heterocycles. The second-order valence-electron chi connectivity index (χ2n) is 4.44. The number of carbonyl (C=O) groups is 1. The van der Waals surface area contributed by atoms with Crippen LogP contribution in [-0.4, -0.2) is 30.3 Å². The molecule has 1 fully saturated rings. The third-order valence-electron chi connectivity index (χ3n) is 2.95. The van der Waals surface area contributed by atoms with Crippen LogP contribution in [0.2, 0.25) is 0 Å². The zero-order chi connectivity index (χ0) is 12.3. The minimum absolute atomic E-state index is 0.141. The standard InChI is InChI=1S/C12H17N3O2/c1-9-3-4-10(7-13-9)14-8-12(5-6-12)15-11(16)17-2/h3-4,7,14H,5-6,8H2,1-2H3,(H,15,16). The van der Waals surface area contributed by atoms with Crippen LogP contribution in [-0.2, 0) is 4.74 Å². The zero-order valence-electron chi connectivity index (χ0n) is 10.1. The zero-order valence-corrected chi connectivity index (χ0v) is 10.1. The summed E-state index contributed by atoms with van der Waals surface area (Å²) in [6, 6.07) is 3.94. The Kier molecular flexibility index (Phi) is 3.17. The molecule has 2 N–H and O–H groups in total. The number of amides is 1. The molecule has 5 heteroatoms. The molecule has 5 nitrogen and oxygen atoms in total. The van der Waals surface area contributed by atoms with Crippen LogP contribution >= 0.6 is 0 Å². The Balaban J connectivity index is 1.85. The van der Waals surface area contributed by atoms with E-state index in [1.807, 2.05) is 19.1 Å². The molecule has 17 heavy (non-hydrogen) atoms. The van der Waals surface area contributed by atoms with E-state index in [1.54, 1.807) is 6.20 Å². The Morgan fingerprint density at radius 1 is 1.53 bits per heavy atom. The van der Waals surface area contributed by atoms with Gasteiger partial charge in [0.25, 0.3) is 0 Å². The number of anilines is 1. The highest BCUT2D eigenvalue weighted by molar-refractivity contribution is 5.69. The van der Waals surface area contributed by atoms with Crippen LogP contribution in [0, 0.1) is 6.92 Å². The number of alkyl carbamates (subject to hydrolysis) is 1. The largest absolute Gasteiger partial charge is 0.453 e. The molecular weight excluding hydrogens is 218 g/mol. The summed E-state index contributed by atoms with van der Waals surface area (Å²) in [4.78, 5) is 15.4. The monoisotopic (exact) mass is 235 g/mol. The van der Waals surface area contributed by atoms with Crippen molar-refractivity contribution in [2.45, 2.75) is 25.3 Å². The summed E-state index contributed by atoms with van der Waals surface area (Å²) >= 11 is 0. The average molecular weight is 235 g/mol. The fraction of sp³-hybridized carbons (Fsp3) is 0.500. The molecular formula is C12H17N3O2. The summed E-state index contributed by atoms with van der Waals surface area (Å²) in [5, 5.41) is 6.13. The first kappa shape index (κ1) is 11.7. The lowest BCUT2D eigenvalue weighted by Gasteiger charge is -2.17. The Morgan fingerprint density at radius 3 is 2.82 bits per heavy atom. The van der Waals surface area contributed by atoms with Gasteiger partial charge in [-0.2, -0.15) is 0 Å². The summed E-state index contributed by atoms with van der Waals surface area (Å²) in [5.41, 5.74) is 1.82. The molecule has 0 spiro atoms. The van der Waals surface area contributed by atoms with Crippen molar-refractivity contribution in [2.75, 3.05) is 19.0 Å². The van der Waals surface area contributed by atoms with E-state index in [1.165, 1.54) is 7.11 Å². The topological polar surface area (TPSA) is 63.2 Å². The van der Waals surface area contributed by atoms with Gasteiger partial charge in [0, 0.05) is 12.2 Å². The molecule has 0 aliphatic heterocycles. The van der Waals surface area contributed by atoms with Crippen molar-refractivity contribution in [3.63, 3.8) is 0 Å². The fourth-order valence-electron chi connectivity index (χ4n) is 1.61. The van der Waals surface area contributed by atoms with Crippen LogP contribution in [0.25, 0.3) is 0 Å². The van der Waals surface area contributed by atoms with Gasteiger partial charge in [0.15, 0.2) is 0 Å². The van der Waals surface area contributed by atoms with Crippen molar-refractivity contribution in [1.82, 2.24) is 10.3 Å². The third-order valence-corrected chi connectivity index (χ3v) is 2.95. The number of nitrogens with zero attached hydrogens (tertiary/aromatic N) is 1. The fourth-order valence-corrected chi connectivity index (χ4v) is 1.61. The molecule has 0 radical (unpaired) electrons. The summed E-state index contributed by atoms with van der Waals surface area (Å²) < 4.78 is 4.60. The molecule has 0 unspecified atom stereocenters. The summed E-state index contributed by atoms with van der Waals surface area (Å²) in [5.74, 6) is 0. The van der Waals surface area contributed by atoms with Crippen LogP contribution in [0.1, 0.15) is 18.5 Å². The lowest BCUT2D eigenvalue weighted by molar-refractivity contribution is 0.166. The van der Waals surface area contributed by atoms with Crippen molar-refractivity contribution < 1.29 is 9.53 Å². The number of aryl methyl sites for hydroxylation is 1. The van der Waals surface area contributed by atoms with Gasteiger partial charge in [-0.1, -0.05) is 0 Å². The van der Waals surface area contributed by atoms with Crippen molar-refractivity contribution in [3.8, 4) is 0 Å². The molecule has 0 bridgehead atoms. The number of hydrogen-bond acceptors (Lipinski definition) is 4. The molecule has 92 valence electrons. The number of nitrogens with one attached hydrogen (secondary N) is 2. The highest BCUT2D eigenvalue weighted by Crippen LogP contribution is 2.35. The Labute approximate surface area is 101 Å². The van der Waals surface area contributed by atoms with Gasteiger partial charge < -0.3 is 15.4 Å². The van der Waals surface area contributed by atoms with E-state index in [9.17, 15) is 4.79 Å². The van der Waals surface area contributed by atoms with Crippen LogP contribution in [0.5, 0.6) is 0 Å². The molecule has 1 aliphatic carbocycles. The number of aromatic nitrogens is 1. The summed E-state index contributed by atoms with van der Waals surface area (Å²) in [7, 11) is 1.38. The average Bonchev–Trinajstić information content (AvgIpc) is 3.09. The van der Waals surface area contributed by atoms with Crippen molar-refractivity contribution in [2.24, 2.45) is 0 Å². The van der Waals surface area contributed by atoms with E-state index in [0.29, 0.717) is 6.54 Å². The maximum Gasteiger partial charge on any atom is 0.407 e. The van der Waals surface area contributed by atoms with E-state index in [4.69, 9.17) is 0 Å². The SMILES string of the molecule is COC(=O)NC1(CNc2ccc(C)nc2)CC1. The Bertz CT molecular complexity index is 399. The smallest absolute Gasteiger partial charge is 0.407 e. The van der Waals surface area contributed by atoms with Gasteiger partial charge in [0.05, 0.1) is 24.5 Å². The molecule has 1 aromatic rings. The highest BCUT2D eigenvalue weighted by atomic mass is 16.5. The van der Waals surface area contributed by atoms with Crippen molar-refractivity contribution in [1.29, 1.82) is 0 Å². The van der Waals surface area contributed by atoms with E-state index in [-0.39, 0.29) is 11.6 Å². The Morgan fingerprint density at radius 2 is 2.29 bits per heavy atom. The first-order valence-corrected chi connectivity index (χ1v) is 5.66. The normalized spacial score (nSPS) is 16.1. The van der Waals surface area contributed by atoms with Gasteiger partial charge in [0.1, 0.15) is 0 Å². The van der Waals surface area contributed by atoms with Crippen molar-refractivity contribution >= 4 is 11.8 Å². The quantitative estimate of drug-likeness (QED) is 0.833. The summed E-state index contributed by atoms with van der Waals surface area (Å²) in [6.45, 7) is 2.65. The van der Waals surface area contributed by atoms with Crippen LogP contribution < -0.4 is 10.6 Å². The molecule has 0 aromatic carbocycles. The number of hydrogen-bond donors (Lipinski definition) is 2. The van der Waals surface area contributed by atoms with Gasteiger partial charge >= 0.3 is 6.09 Å². The minimum Gasteiger partial charge on any atom is -0.453 e. The van der Waals surface area contributed by atoms with Gasteiger partial charge in [0.2, 0.25) is 0 Å². The van der Waals surface area contributed by atoms with Gasteiger partial charge in [-0.3, -0.25) is 4.98 Å². The minimum atomic E-state index is -0.369. The maximum atomic E-state index is 11.1. The predicted octanol–water partition coefficient (Wildman–Crippen LogP) is 1.69. The van der Waals surface area contributed by atoms with E-state index in [0.717, 1.165) is 24.2 Å². The predicted molar refractivity (Wildman–Crippen MR) is 65.0 cm³/mol. The number of carbonyl (C=O) groups excluding carboxylic acids is 1. The number of methoxy groups -OCH3 is 1. The first-order chi connectivity index (χ1) is 8.13. The second-order valence-corrected chi connectivity index (χ2v) is 4.44. The molecule has 1 saturated carbocycles. The van der Waals surface area contributed by atoms with E-state index >= 15 is 0 Å². The number of ether oxygens (including phenoxy) is 1. The molecule has 0 atom stereocenters.